The van der Waals surface area contributed by atoms with Crippen molar-refractivity contribution in [2.75, 3.05) is 4.90 Å². The first kappa shape index (κ1) is 40.1. The highest BCUT2D eigenvalue weighted by Crippen LogP contribution is 2.65. The van der Waals surface area contributed by atoms with Gasteiger partial charge in [-0.05, 0) is 137 Å². The molecule has 0 amide bonds. The van der Waals surface area contributed by atoms with Gasteiger partial charge in [0.05, 0.1) is 10.8 Å². The summed E-state index contributed by atoms with van der Waals surface area (Å²) in [5.74, 6) is 0. The quantitative estimate of drug-likeness (QED) is 0.166. The van der Waals surface area contributed by atoms with Gasteiger partial charge in [-0.2, -0.15) is 0 Å². The van der Waals surface area contributed by atoms with E-state index >= 15 is 0 Å². The molecule has 1 heteroatoms. The van der Waals surface area contributed by atoms with Crippen molar-refractivity contribution in [3.8, 4) is 33.4 Å². The van der Waals surface area contributed by atoms with E-state index in [1.54, 1.807) is 0 Å². The van der Waals surface area contributed by atoms with E-state index in [0.717, 1.165) is 17.1 Å². The van der Waals surface area contributed by atoms with Gasteiger partial charge in [0.2, 0.25) is 0 Å². The Bertz CT molecular complexity index is 3650. The summed E-state index contributed by atoms with van der Waals surface area (Å²) in [5.41, 5.74) is 25.8. The van der Waals surface area contributed by atoms with Crippen LogP contribution < -0.4 is 4.90 Å². The smallest absolute Gasteiger partial charge is 0.0720 e. The van der Waals surface area contributed by atoms with E-state index in [1.165, 1.54) is 100 Å². The Hall–Kier alpha value is -8.00. The highest BCUT2D eigenvalue weighted by molar-refractivity contribution is 5.94. The molecule has 328 valence electrons. The van der Waals surface area contributed by atoms with Crippen LogP contribution in [0.4, 0.5) is 17.1 Å². The third kappa shape index (κ3) is 5.15. The number of anilines is 3. The lowest BCUT2D eigenvalue weighted by Crippen LogP contribution is -2.44. The summed E-state index contributed by atoms with van der Waals surface area (Å²) in [6.45, 7) is 9.52. The largest absolute Gasteiger partial charge is 0.310 e. The first-order chi connectivity index (χ1) is 33.7. The van der Waals surface area contributed by atoms with Crippen LogP contribution >= 0.6 is 0 Å². The Labute approximate surface area is 406 Å². The zero-order chi connectivity index (χ0) is 46.3. The maximum atomic E-state index is 2.55. The normalized spacial score (nSPS) is 16.0. The van der Waals surface area contributed by atoms with Gasteiger partial charge < -0.3 is 4.90 Å². The van der Waals surface area contributed by atoms with Crippen molar-refractivity contribution in [3.05, 3.63) is 303 Å². The highest BCUT2D eigenvalue weighted by Gasteiger charge is 2.57. The number of hydrogen-bond acceptors (Lipinski definition) is 1. The van der Waals surface area contributed by atoms with Crippen LogP contribution in [-0.2, 0) is 21.7 Å². The van der Waals surface area contributed by atoms with E-state index in [0.29, 0.717) is 0 Å². The lowest BCUT2D eigenvalue weighted by atomic mass is 9.51. The fourth-order valence-corrected chi connectivity index (χ4v) is 13.8. The Kier molecular flexibility index (Phi) is 8.29. The Balaban J connectivity index is 1.06. The van der Waals surface area contributed by atoms with Gasteiger partial charge in [-0.25, -0.2) is 0 Å². The molecule has 0 saturated heterocycles. The molecule has 0 radical (unpaired) electrons. The van der Waals surface area contributed by atoms with Gasteiger partial charge in [-0.1, -0.05) is 228 Å². The molecule has 1 spiro atoms. The van der Waals surface area contributed by atoms with E-state index in [2.05, 4.69) is 269 Å². The van der Waals surface area contributed by atoms with Crippen molar-refractivity contribution in [1.82, 2.24) is 0 Å². The average molecular weight is 882 g/mol. The van der Waals surface area contributed by atoms with Crippen molar-refractivity contribution in [1.29, 1.82) is 0 Å². The highest BCUT2D eigenvalue weighted by atomic mass is 15.1. The molecule has 0 atom stereocenters. The standard InChI is InChI=1S/C68H51N/c1-65(2)56-29-15-12-27-51(56)54-41-46(37-40-57(54)65)69(47-35-38-52-49-25-11-14-28-55(49)66(3,4)63(52)42-47)48-36-39-53-50-26-13-16-30-58(50)68(64(53)43-48)61-33-19-17-31-59(61)67(44-21-7-5-8-22-44,45-23-9-6-10-24-45)60-32-18-20-34-62(60)68/h5-43H,1-4H3. The Morgan fingerprint density at radius 2 is 0.565 bits per heavy atom. The summed E-state index contributed by atoms with van der Waals surface area (Å²) in [4.78, 5) is 2.55. The molecule has 0 bridgehead atoms. The number of nitrogens with zero attached hydrogens (tertiary/aromatic N) is 1. The van der Waals surface area contributed by atoms with Crippen LogP contribution in [0.2, 0.25) is 0 Å². The summed E-state index contributed by atoms with van der Waals surface area (Å²) in [6, 6.07) is 90.1. The van der Waals surface area contributed by atoms with Crippen molar-refractivity contribution in [2.45, 2.75) is 49.4 Å². The van der Waals surface area contributed by atoms with E-state index in [9.17, 15) is 0 Å². The second-order valence-corrected chi connectivity index (χ2v) is 20.7. The zero-order valence-electron chi connectivity index (χ0n) is 39.5. The van der Waals surface area contributed by atoms with Crippen LogP contribution in [-0.4, -0.2) is 0 Å². The third-order valence-corrected chi connectivity index (χ3v) is 16.8. The first-order valence-electron chi connectivity index (χ1n) is 24.6. The number of benzene rings is 10. The molecule has 69 heavy (non-hydrogen) atoms. The SMILES string of the molecule is CC1(C)c2ccccc2-c2cc(N(c3ccc4c(c3)C(C)(C)c3ccccc3-4)c3ccc4c(c3)C3(c5ccccc5-4)c4ccccc4C(c4ccccc4)(c4ccccc4)c4ccccc43)ccc21. The summed E-state index contributed by atoms with van der Waals surface area (Å²) in [6.07, 6.45) is 0. The van der Waals surface area contributed by atoms with E-state index in [1.807, 2.05) is 0 Å². The van der Waals surface area contributed by atoms with Gasteiger partial charge in [-0.3, -0.25) is 0 Å². The molecule has 0 saturated carbocycles. The molecule has 10 aromatic carbocycles. The minimum atomic E-state index is -0.615. The molecule has 14 rings (SSSR count). The van der Waals surface area contributed by atoms with Gasteiger partial charge in [0.15, 0.2) is 0 Å². The second kappa shape index (κ2) is 14.3. The predicted octanol–water partition coefficient (Wildman–Crippen LogP) is 16.8. The van der Waals surface area contributed by atoms with Crippen LogP contribution in [0.15, 0.2) is 237 Å². The molecule has 1 nitrogen and oxygen atoms in total. The van der Waals surface area contributed by atoms with Crippen molar-refractivity contribution < 1.29 is 0 Å². The third-order valence-electron chi connectivity index (χ3n) is 16.8. The predicted molar refractivity (Wildman–Crippen MR) is 285 cm³/mol. The van der Waals surface area contributed by atoms with E-state index < -0.39 is 10.8 Å². The number of hydrogen-bond donors (Lipinski definition) is 0. The van der Waals surface area contributed by atoms with Gasteiger partial charge in [0.25, 0.3) is 0 Å². The van der Waals surface area contributed by atoms with Gasteiger partial charge >= 0.3 is 0 Å². The van der Waals surface area contributed by atoms with Crippen molar-refractivity contribution in [3.63, 3.8) is 0 Å². The van der Waals surface area contributed by atoms with Crippen molar-refractivity contribution in [2.24, 2.45) is 0 Å². The zero-order valence-corrected chi connectivity index (χ0v) is 39.5. The van der Waals surface area contributed by atoms with Crippen LogP contribution in [0.3, 0.4) is 0 Å². The van der Waals surface area contributed by atoms with E-state index in [-0.39, 0.29) is 10.8 Å². The molecule has 4 aliphatic carbocycles. The molecule has 0 unspecified atom stereocenters. The summed E-state index contributed by atoms with van der Waals surface area (Å²) in [7, 11) is 0. The number of rotatable bonds is 5. The Morgan fingerprint density at radius 3 is 1.10 bits per heavy atom. The molecule has 10 aromatic rings. The lowest BCUT2D eigenvalue weighted by molar-refractivity contribution is 0.623. The van der Waals surface area contributed by atoms with Gasteiger partial charge in [0.1, 0.15) is 0 Å². The Morgan fingerprint density at radius 1 is 0.232 bits per heavy atom. The van der Waals surface area contributed by atoms with Crippen molar-refractivity contribution >= 4 is 17.1 Å². The minimum Gasteiger partial charge on any atom is -0.310 e. The molecule has 0 heterocycles. The summed E-state index contributed by atoms with van der Waals surface area (Å²) in [5, 5.41) is 0. The molecule has 4 aliphatic rings. The molecule has 0 fully saturated rings. The maximum absolute atomic E-state index is 2.55. The maximum Gasteiger partial charge on any atom is 0.0720 e. The van der Waals surface area contributed by atoms with Gasteiger partial charge in [0, 0.05) is 27.9 Å². The topological polar surface area (TPSA) is 3.24 Å². The summed E-state index contributed by atoms with van der Waals surface area (Å²) < 4.78 is 0. The molecule has 0 aromatic heterocycles. The fourth-order valence-electron chi connectivity index (χ4n) is 13.8. The van der Waals surface area contributed by atoms with Crippen LogP contribution in [0.25, 0.3) is 33.4 Å². The minimum absolute atomic E-state index is 0.0964. The molecular weight excluding hydrogens is 831 g/mol. The molecular formula is C68H51N. The van der Waals surface area contributed by atoms with Crippen LogP contribution in [0, 0.1) is 0 Å². The van der Waals surface area contributed by atoms with Crippen LogP contribution in [0.1, 0.15) is 94.5 Å². The first-order valence-corrected chi connectivity index (χ1v) is 24.6. The fraction of sp³-hybridized carbons (Fsp3) is 0.118. The second-order valence-electron chi connectivity index (χ2n) is 20.7. The molecule has 0 N–H and O–H groups in total. The lowest BCUT2D eigenvalue weighted by Gasteiger charge is -2.50. The summed E-state index contributed by atoms with van der Waals surface area (Å²) >= 11 is 0. The monoisotopic (exact) mass is 881 g/mol. The molecule has 0 aliphatic heterocycles. The van der Waals surface area contributed by atoms with E-state index in [4.69, 9.17) is 0 Å². The van der Waals surface area contributed by atoms with Gasteiger partial charge in [-0.15, -0.1) is 0 Å². The number of fused-ring (bicyclic) bond motifs is 15. The van der Waals surface area contributed by atoms with Crippen LogP contribution in [0.5, 0.6) is 0 Å². The average Bonchev–Trinajstić information content (AvgIpc) is 3.91.